The summed E-state index contributed by atoms with van der Waals surface area (Å²) in [5.41, 5.74) is 0. The van der Waals surface area contributed by atoms with E-state index in [0.29, 0.717) is 22.8 Å². The highest BCUT2D eigenvalue weighted by Gasteiger charge is 2.53. The van der Waals surface area contributed by atoms with Crippen LogP contribution in [0.15, 0.2) is 6.20 Å². The normalized spacial score (nSPS) is 31.6. The summed E-state index contributed by atoms with van der Waals surface area (Å²) in [6.45, 7) is 2.08. The number of rotatable bonds is 2. The van der Waals surface area contributed by atoms with Crippen LogP contribution in [0.2, 0.25) is 0 Å². The number of carbonyl (C=O) groups excluding carboxylic acids is 1. The Balaban J connectivity index is 0.000000853. The van der Waals surface area contributed by atoms with Gasteiger partial charge in [0.05, 0.1) is 6.20 Å². The molecule has 1 aromatic heterocycles. The summed E-state index contributed by atoms with van der Waals surface area (Å²) >= 11 is 1.14. The van der Waals surface area contributed by atoms with Gasteiger partial charge < -0.3 is 10.6 Å². The molecule has 1 aliphatic carbocycles. The Hall–Kier alpha value is -0.720. The average molecular weight is 247 g/mol. The molecule has 0 radical (unpaired) electrons. The number of fused-ring (bicyclic) bond motifs is 1. The number of aromatic nitrogens is 2. The van der Waals surface area contributed by atoms with E-state index < -0.39 is 0 Å². The van der Waals surface area contributed by atoms with Crippen molar-refractivity contribution in [2.24, 2.45) is 11.8 Å². The van der Waals surface area contributed by atoms with Gasteiger partial charge in [-0.05, 0) is 23.4 Å². The molecule has 1 aromatic rings. The van der Waals surface area contributed by atoms with Gasteiger partial charge in [0.15, 0.2) is 0 Å². The van der Waals surface area contributed by atoms with Gasteiger partial charge in [-0.2, -0.15) is 0 Å². The van der Waals surface area contributed by atoms with Gasteiger partial charge in [0.1, 0.15) is 4.88 Å². The van der Waals surface area contributed by atoms with Crippen molar-refractivity contribution in [2.45, 2.75) is 6.04 Å². The van der Waals surface area contributed by atoms with Crippen LogP contribution in [0.25, 0.3) is 0 Å². The highest BCUT2D eigenvalue weighted by molar-refractivity contribution is 7.07. The van der Waals surface area contributed by atoms with Gasteiger partial charge >= 0.3 is 0 Å². The summed E-state index contributed by atoms with van der Waals surface area (Å²) in [6.07, 6.45) is 1.51. The van der Waals surface area contributed by atoms with Gasteiger partial charge in [-0.15, -0.1) is 17.5 Å². The number of halogens is 1. The second kappa shape index (κ2) is 4.03. The maximum Gasteiger partial charge on any atom is 0.264 e. The minimum Gasteiger partial charge on any atom is -0.348 e. The van der Waals surface area contributed by atoms with E-state index in [1.807, 2.05) is 0 Å². The molecule has 82 valence electrons. The largest absolute Gasteiger partial charge is 0.348 e. The maximum absolute atomic E-state index is 11.6. The zero-order valence-electron chi connectivity index (χ0n) is 7.84. The first-order valence-corrected chi connectivity index (χ1v) is 5.42. The lowest BCUT2D eigenvalue weighted by molar-refractivity contribution is 0.0950. The SMILES string of the molecule is Cl.O=C(NC1[C@H]2CNC[C@@H]12)c1cnns1. The smallest absolute Gasteiger partial charge is 0.264 e. The van der Waals surface area contributed by atoms with Crippen LogP contribution in [-0.4, -0.2) is 34.6 Å². The molecule has 3 rings (SSSR count). The fourth-order valence-electron chi connectivity index (χ4n) is 2.12. The first-order chi connectivity index (χ1) is 6.86. The van der Waals surface area contributed by atoms with Crippen LogP contribution in [0, 0.1) is 11.8 Å². The molecular formula is C8H11ClN4OS. The number of amides is 1. The molecule has 1 saturated carbocycles. The van der Waals surface area contributed by atoms with Crippen LogP contribution >= 0.6 is 23.9 Å². The molecule has 2 N–H and O–H groups in total. The van der Waals surface area contributed by atoms with E-state index in [9.17, 15) is 4.79 Å². The molecule has 5 nitrogen and oxygen atoms in total. The summed E-state index contributed by atoms with van der Waals surface area (Å²) in [7, 11) is 0. The topological polar surface area (TPSA) is 66.9 Å². The molecule has 1 amide bonds. The third-order valence-electron chi connectivity index (χ3n) is 2.97. The van der Waals surface area contributed by atoms with E-state index in [0.717, 1.165) is 24.6 Å². The molecule has 2 aliphatic rings. The number of piperidine rings is 1. The van der Waals surface area contributed by atoms with Crippen molar-refractivity contribution >= 4 is 29.8 Å². The van der Waals surface area contributed by atoms with Crippen molar-refractivity contribution in [3.8, 4) is 0 Å². The van der Waals surface area contributed by atoms with Gasteiger partial charge in [0, 0.05) is 19.1 Å². The van der Waals surface area contributed by atoms with E-state index in [1.54, 1.807) is 0 Å². The molecule has 1 saturated heterocycles. The number of hydrogen-bond donors (Lipinski definition) is 2. The highest BCUT2D eigenvalue weighted by atomic mass is 35.5. The van der Waals surface area contributed by atoms with Crippen LogP contribution in [-0.2, 0) is 0 Å². The van der Waals surface area contributed by atoms with Crippen molar-refractivity contribution in [3.63, 3.8) is 0 Å². The van der Waals surface area contributed by atoms with Gasteiger partial charge in [-0.25, -0.2) is 0 Å². The molecule has 2 heterocycles. The Labute approximate surface area is 97.2 Å². The molecule has 3 atom stereocenters. The van der Waals surface area contributed by atoms with Crippen molar-refractivity contribution in [3.05, 3.63) is 11.1 Å². The second-order valence-electron chi connectivity index (χ2n) is 3.77. The maximum atomic E-state index is 11.6. The van der Waals surface area contributed by atoms with Crippen LogP contribution in [0.5, 0.6) is 0 Å². The minimum absolute atomic E-state index is 0. The van der Waals surface area contributed by atoms with Crippen LogP contribution < -0.4 is 10.6 Å². The highest BCUT2D eigenvalue weighted by Crippen LogP contribution is 2.41. The first-order valence-electron chi connectivity index (χ1n) is 4.65. The van der Waals surface area contributed by atoms with Crippen molar-refractivity contribution in [1.29, 1.82) is 0 Å². The summed E-state index contributed by atoms with van der Waals surface area (Å²) < 4.78 is 3.66. The van der Waals surface area contributed by atoms with Crippen LogP contribution in [0.3, 0.4) is 0 Å². The molecule has 0 spiro atoms. The van der Waals surface area contributed by atoms with E-state index in [1.165, 1.54) is 6.20 Å². The molecule has 2 fully saturated rings. The summed E-state index contributed by atoms with van der Waals surface area (Å²) in [5.74, 6) is 1.28. The Morgan fingerprint density at radius 2 is 2.27 bits per heavy atom. The number of carbonyl (C=O) groups is 1. The van der Waals surface area contributed by atoms with Gasteiger partial charge in [0.25, 0.3) is 5.91 Å². The fourth-order valence-corrected chi connectivity index (χ4v) is 2.54. The third kappa shape index (κ3) is 1.84. The molecule has 0 aromatic carbocycles. The Morgan fingerprint density at radius 1 is 1.53 bits per heavy atom. The zero-order valence-corrected chi connectivity index (χ0v) is 9.48. The van der Waals surface area contributed by atoms with Gasteiger partial charge in [0.2, 0.25) is 0 Å². The lowest BCUT2D eigenvalue weighted by Crippen LogP contribution is -2.32. The predicted octanol–water partition coefficient (Wildman–Crippen LogP) is -0.0925. The monoisotopic (exact) mass is 246 g/mol. The zero-order chi connectivity index (χ0) is 9.54. The summed E-state index contributed by atoms with van der Waals surface area (Å²) in [5, 5.41) is 9.93. The fraction of sp³-hybridized carbons (Fsp3) is 0.625. The molecule has 1 aliphatic heterocycles. The Morgan fingerprint density at radius 3 is 2.87 bits per heavy atom. The van der Waals surface area contributed by atoms with E-state index in [2.05, 4.69) is 20.2 Å². The Kier molecular flexibility index (Phi) is 2.90. The summed E-state index contributed by atoms with van der Waals surface area (Å²) in [6, 6.07) is 0.380. The predicted molar refractivity (Wildman–Crippen MR) is 58.3 cm³/mol. The van der Waals surface area contributed by atoms with Crippen molar-refractivity contribution < 1.29 is 4.79 Å². The lowest BCUT2D eigenvalue weighted by atomic mass is 10.4. The molecule has 7 heteroatoms. The number of nitrogens with zero attached hydrogens (tertiary/aromatic N) is 2. The van der Waals surface area contributed by atoms with Crippen molar-refractivity contribution in [2.75, 3.05) is 13.1 Å². The average Bonchev–Trinajstić information content (AvgIpc) is 2.75. The summed E-state index contributed by atoms with van der Waals surface area (Å²) in [4.78, 5) is 12.2. The lowest BCUT2D eigenvalue weighted by Gasteiger charge is -2.05. The van der Waals surface area contributed by atoms with Crippen molar-refractivity contribution in [1.82, 2.24) is 20.2 Å². The molecule has 0 bridgehead atoms. The molecule has 15 heavy (non-hydrogen) atoms. The van der Waals surface area contributed by atoms with Gasteiger partial charge in [-0.1, -0.05) is 4.49 Å². The van der Waals surface area contributed by atoms with Crippen LogP contribution in [0.1, 0.15) is 9.67 Å². The number of nitrogens with one attached hydrogen (secondary N) is 2. The third-order valence-corrected chi connectivity index (χ3v) is 3.64. The quantitative estimate of drug-likeness (QED) is 0.765. The van der Waals surface area contributed by atoms with E-state index >= 15 is 0 Å². The molecular weight excluding hydrogens is 236 g/mol. The number of hydrogen-bond acceptors (Lipinski definition) is 5. The minimum atomic E-state index is -0.0283. The second-order valence-corrected chi connectivity index (χ2v) is 4.55. The standard InChI is InChI=1S/C8H10N4OS.ClH/c13-8(6-3-10-12-14-6)11-7-4-1-9-2-5(4)7;/h3-5,7,9H,1-2H2,(H,11,13);1H/t4-,5+,7?;. The van der Waals surface area contributed by atoms with Gasteiger partial charge in [-0.3, -0.25) is 4.79 Å². The first kappa shape index (κ1) is 10.8. The molecule has 1 unspecified atom stereocenters. The Bertz CT molecular complexity index is 348. The van der Waals surface area contributed by atoms with E-state index in [4.69, 9.17) is 0 Å². The van der Waals surface area contributed by atoms with E-state index in [-0.39, 0.29) is 18.3 Å². The van der Waals surface area contributed by atoms with Crippen LogP contribution in [0.4, 0.5) is 0 Å².